The molecule has 138 valence electrons. The summed E-state index contributed by atoms with van der Waals surface area (Å²) in [6.45, 7) is 5.53. The fraction of sp³-hybridized carbons (Fsp3) is 0.364. The number of hydrogen-bond acceptors (Lipinski definition) is 3. The van der Waals surface area contributed by atoms with E-state index in [1.807, 2.05) is 12.1 Å². The second-order valence-corrected chi connectivity index (χ2v) is 7.00. The van der Waals surface area contributed by atoms with E-state index >= 15 is 0 Å². The summed E-state index contributed by atoms with van der Waals surface area (Å²) in [5.74, 6) is 0.969. The Kier molecular flexibility index (Phi) is 6.18. The number of piperazine rings is 1. The van der Waals surface area contributed by atoms with Crippen LogP contribution in [0.25, 0.3) is 6.08 Å². The highest BCUT2D eigenvalue weighted by Crippen LogP contribution is 2.27. The van der Waals surface area contributed by atoms with Gasteiger partial charge in [0, 0.05) is 19.8 Å². The van der Waals surface area contributed by atoms with E-state index in [1.54, 1.807) is 12.0 Å². The quantitative estimate of drug-likeness (QED) is 0.861. The van der Waals surface area contributed by atoms with E-state index in [0.29, 0.717) is 0 Å². The molecule has 0 spiro atoms. The normalized spacial score (nSPS) is 15.4. The number of nitrogens with one attached hydrogen (secondary N) is 1. The van der Waals surface area contributed by atoms with E-state index in [0.717, 1.165) is 38.5 Å². The number of quaternary nitrogens is 1. The minimum atomic E-state index is 0.969. The van der Waals surface area contributed by atoms with Crippen molar-refractivity contribution in [3.63, 3.8) is 0 Å². The summed E-state index contributed by atoms with van der Waals surface area (Å²) in [5.41, 5.74) is 3.72. The maximum atomic E-state index is 5.50. The molecule has 3 rings (SSSR count). The lowest BCUT2D eigenvalue weighted by Crippen LogP contribution is -3.14. The topological polar surface area (TPSA) is 20.1 Å². The average molecular weight is 353 g/mol. The molecule has 2 aromatic carbocycles. The van der Waals surface area contributed by atoms with Crippen LogP contribution in [0.3, 0.4) is 0 Å². The van der Waals surface area contributed by atoms with Crippen molar-refractivity contribution >= 4 is 17.5 Å². The molecule has 0 unspecified atom stereocenters. The van der Waals surface area contributed by atoms with Crippen molar-refractivity contribution in [3.8, 4) is 5.75 Å². The molecule has 4 nitrogen and oxygen atoms in total. The Bertz CT molecular complexity index is 716. The van der Waals surface area contributed by atoms with E-state index in [9.17, 15) is 0 Å². The van der Waals surface area contributed by atoms with Gasteiger partial charge in [0.2, 0.25) is 0 Å². The van der Waals surface area contributed by atoms with Crippen LogP contribution in [0.2, 0.25) is 0 Å². The van der Waals surface area contributed by atoms with E-state index in [4.69, 9.17) is 4.74 Å². The van der Waals surface area contributed by atoms with Crippen LogP contribution in [0.15, 0.2) is 54.6 Å². The summed E-state index contributed by atoms with van der Waals surface area (Å²) in [7, 11) is 5.88. The number of ether oxygens (including phenoxy) is 1. The SMILES string of the molecule is COc1ccccc1N1CC[NH+](C/C=C/c2ccc(N(C)C)cc2)CC1. The Morgan fingerprint density at radius 3 is 2.38 bits per heavy atom. The molecule has 0 bridgehead atoms. The third kappa shape index (κ3) is 4.58. The predicted octanol–water partition coefficient (Wildman–Crippen LogP) is 2.18. The van der Waals surface area contributed by atoms with Gasteiger partial charge in [-0.3, -0.25) is 0 Å². The van der Waals surface area contributed by atoms with Crippen LogP contribution < -0.4 is 19.4 Å². The third-order valence-electron chi connectivity index (χ3n) is 5.02. The first-order valence-electron chi connectivity index (χ1n) is 9.33. The Balaban J connectivity index is 1.49. The second kappa shape index (κ2) is 8.77. The van der Waals surface area contributed by atoms with Crippen molar-refractivity contribution in [2.45, 2.75) is 0 Å². The lowest BCUT2D eigenvalue weighted by Gasteiger charge is -2.33. The number of benzene rings is 2. The van der Waals surface area contributed by atoms with Crippen LogP contribution in [-0.4, -0.2) is 53.9 Å². The van der Waals surface area contributed by atoms with Crippen molar-refractivity contribution in [3.05, 3.63) is 60.2 Å². The molecule has 0 aromatic heterocycles. The van der Waals surface area contributed by atoms with Crippen molar-refractivity contribution in [1.82, 2.24) is 0 Å². The largest absolute Gasteiger partial charge is 0.495 e. The minimum absolute atomic E-state index is 0.969. The lowest BCUT2D eigenvalue weighted by molar-refractivity contribution is -0.894. The summed E-state index contributed by atoms with van der Waals surface area (Å²) in [6.07, 6.45) is 4.54. The van der Waals surface area contributed by atoms with Crippen LogP contribution in [0.4, 0.5) is 11.4 Å². The van der Waals surface area contributed by atoms with Crippen LogP contribution in [0, 0.1) is 0 Å². The molecule has 1 aliphatic rings. The summed E-state index contributed by atoms with van der Waals surface area (Å²) in [5, 5.41) is 0. The van der Waals surface area contributed by atoms with Crippen LogP contribution in [-0.2, 0) is 0 Å². The Morgan fingerprint density at radius 2 is 1.73 bits per heavy atom. The number of hydrogen-bond donors (Lipinski definition) is 1. The first-order chi connectivity index (χ1) is 12.7. The first-order valence-corrected chi connectivity index (χ1v) is 9.33. The molecule has 2 aromatic rings. The lowest BCUT2D eigenvalue weighted by atomic mass is 10.2. The van der Waals surface area contributed by atoms with E-state index in [2.05, 4.69) is 72.4 Å². The Hall–Kier alpha value is -2.46. The van der Waals surface area contributed by atoms with Crippen LogP contribution in [0.5, 0.6) is 5.75 Å². The molecule has 1 heterocycles. The van der Waals surface area contributed by atoms with Gasteiger partial charge in [0.05, 0.1) is 45.5 Å². The van der Waals surface area contributed by atoms with Crippen LogP contribution in [0.1, 0.15) is 5.56 Å². The number of nitrogens with zero attached hydrogens (tertiary/aromatic N) is 2. The van der Waals surface area contributed by atoms with Gasteiger partial charge in [-0.05, 0) is 35.9 Å². The van der Waals surface area contributed by atoms with Crippen molar-refractivity contribution in [1.29, 1.82) is 0 Å². The molecule has 1 aliphatic heterocycles. The van der Waals surface area contributed by atoms with Gasteiger partial charge < -0.3 is 19.4 Å². The fourth-order valence-corrected chi connectivity index (χ4v) is 3.40. The van der Waals surface area contributed by atoms with Gasteiger partial charge in [0.15, 0.2) is 0 Å². The molecular formula is C22H30N3O+. The average Bonchev–Trinajstić information content (AvgIpc) is 2.69. The van der Waals surface area contributed by atoms with Gasteiger partial charge in [0.25, 0.3) is 0 Å². The maximum Gasteiger partial charge on any atom is 0.142 e. The molecule has 1 N–H and O–H groups in total. The van der Waals surface area contributed by atoms with Gasteiger partial charge in [-0.25, -0.2) is 0 Å². The highest BCUT2D eigenvalue weighted by molar-refractivity contribution is 5.58. The second-order valence-electron chi connectivity index (χ2n) is 7.00. The zero-order chi connectivity index (χ0) is 18.4. The monoisotopic (exact) mass is 352 g/mol. The Morgan fingerprint density at radius 1 is 1.04 bits per heavy atom. The van der Waals surface area contributed by atoms with E-state index < -0.39 is 0 Å². The minimum Gasteiger partial charge on any atom is -0.495 e. The Labute approximate surface area is 157 Å². The molecule has 1 saturated heterocycles. The highest BCUT2D eigenvalue weighted by atomic mass is 16.5. The van der Waals surface area contributed by atoms with Crippen LogP contribution >= 0.6 is 0 Å². The number of methoxy groups -OCH3 is 1. The standard InChI is InChI=1S/C22H29N3O/c1-23(2)20-12-10-19(11-13-20)7-6-14-24-15-17-25(18-16-24)21-8-4-5-9-22(21)26-3/h4-13H,14-18H2,1-3H3/p+1/b7-6+. The zero-order valence-electron chi connectivity index (χ0n) is 16.1. The van der Waals surface area contributed by atoms with Crippen molar-refractivity contribution < 1.29 is 9.64 Å². The molecule has 4 heteroatoms. The summed E-state index contributed by atoms with van der Waals surface area (Å²) < 4.78 is 5.50. The molecule has 0 atom stereocenters. The van der Waals surface area contributed by atoms with Crippen molar-refractivity contribution in [2.75, 3.05) is 63.7 Å². The van der Waals surface area contributed by atoms with Gasteiger partial charge >= 0.3 is 0 Å². The van der Waals surface area contributed by atoms with Gasteiger partial charge in [-0.2, -0.15) is 0 Å². The number of para-hydroxylation sites is 2. The number of anilines is 2. The van der Waals surface area contributed by atoms with E-state index in [-0.39, 0.29) is 0 Å². The fourth-order valence-electron chi connectivity index (χ4n) is 3.40. The highest BCUT2D eigenvalue weighted by Gasteiger charge is 2.21. The third-order valence-corrected chi connectivity index (χ3v) is 5.02. The summed E-state index contributed by atoms with van der Waals surface area (Å²) in [4.78, 5) is 6.20. The van der Waals surface area contributed by atoms with Gasteiger partial charge in [-0.15, -0.1) is 0 Å². The molecule has 1 fully saturated rings. The predicted molar refractivity (Wildman–Crippen MR) is 111 cm³/mol. The smallest absolute Gasteiger partial charge is 0.142 e. The zero-order valence-corrected chi connectivity index (χ0v) is 16.1. The molecular weight excluding hydrogens is 322 g/mol. The molecule has 0 aliphatic carbocycles. The molecule has 0 radical (unpaired) electrons. The summed E-state index contributed by atoms with van der Waals surface area (Å²) in [6, 6.07) is 17.0. The van der Waals surface area contributed by atoms with Crippen molar-refractivity contribution in [2.24, 2.45) is 0 Å². The van der Waals surface area contributed by atoms with Gasteiger partial charge in [-0.1, -0.05) is 30.3 Å². The van der Waals surface area contributed by atoms with E-state index in [1.165, 1.54) is 16.9 Å². The molecule has 26 heavy (non-hydrogen) atoms. The molecule has 0 saturated carbocycles. The summed E-state index contributed by atoms with van der Waals surface area (Å²) >= 11 is 0. The number of rotatable bonds is 6. The maximum absolute atomic E-state index is 5.50. The van der Waals surface area contributed by atoms with Gasteiger partial charge in [0.1, 0.15) is 5.75 Å². The molecule has 0 amide bonds. The first kappa shape index (κ1) is 18.3.